The number of carbonyl (C=O) groups is 2. The molecule has 0 rings (SSSR count). The van der Waals surface area contributed by atoms with Crippen molar-refractivity contribution in [2.24, 2.45) is 0 Å². The van der Waals surface area contributed by atoms with Crippen LogP contribution in [-0.4, -0.2) is 40.8 Å². The van der Waals surface area contributed by atoms with E-state index in [9.17, 15) is 9.59 Å². The largest absolute Gasteiger partial charge is 0.509 e. The molecule has 1 atom stereocenters. The van der Waals surface area contributed by atoms with Gasteiger partial charge in [-0.3, -0.25) is 4.79 Å². The molecular weight excluding hydrogens is 313 g/mol. The summed E-state index contributed by atoms with van der Waals surface area (Å²) in [5.74, 6) is -0.210. The Hall–Kier alpha value is -0.530. The molecule has 15 heavy (non-hydrogen) atoms. The number of amides is 1. The predicted octanol–water partition coefficient (Wildman–Crippen LogP) is 1.79. The number of likely N-dealkylation sites (N-methyl/N-ethyl adjacent to an activating group) is 1. The number of hydrogen-bond acceptors (Lipinski definition) is 4. The molecule has 0 saturated heterocycles. The number of nitrogens with zero attached hydrogens (tertiary/aromatic N) is 1. The lowest BCUT2D eigenvalue weighted by Gasteiger charge is -2.18. The quantitative estimate of drug-likeness (QED) is 0.438. The van der Waals surface area contributed by atoms with Crippen molar-refractivity contribution in [1.82, 2.24) is 4.90 Å². The molecule has 5 nitrogen and oxygen atoms in total. The van der Waals surface area contributed by atoms with E-state index in [2.05, 4.69) is 4.74 Å². The number of ether oxygens (including phenoxy) is 2. The highest BCUT2D eigenvalue weighted by Crippen LogP contribution is 2.02. The van der Waals surface area contributed by atoms with E-state index in [-0.39, 0.29) is 16.6 Å². The molecule has 0 heterocycles. The highest BCUT2D eigenvalue weighted by Gasteiger charge is 2.14. The number of rotatable bonds is 5. The Morgan fingerprint density at radius 2 is 1.87 bits per heavy atom. The van der Waals surface area contributed by atoms with Gasteiger partial charge in [-0.2, -0.15) is 0 Å². The van der Waals surface area contributed by atoms with Crippen LogP contribution < -0.4 is 0 Å². The normalized spacial score (nSPS) is 11.7. The highest BCUT2D eigenvalue weighted by atomic mass is 127. The van der Waals surface area contributed by atoms with Gasteiger partial charge in [0.2, 0.25) is 0 Å². The topological polar surface area (TPSA) is 55.8 Å². The summed E-state index contributed by atoms with van der Waals surface area (Å²) in [6, 6.07) is 0. The van der Waals surface area contributed by atoms with E-state index < -0.39 is 6.16 Å². The summed E-state index contributed by atoms with van der Waals surface area (Å²) >= 11 is 1.92. The van der Waals surface area contributed by atoms with Gasteiger partial charge < -0.3 is 14.4 Å². The Morgan fingerprint density at radius 1 is 1.33 bits per heavy atom. The highest BCUT2D eigenvalue weighted by molar-refractivity contribution is 14.1. The third-order valence-electron chi connectivity index (χ3n) is 1.69. The maximum atomic E-state index is 11.4. The van der Waals surface area contributed by atoms with Gasteiger partial charge in [0.25, 0.3) is 5.91 Å². The van der Waals surface area contributed by atoms with Gasteiger partial charge in [-0.1, -0.05) is 0 Å². The van der Waals surface area contributed by atoms with Crippen LogP contribution in [0.3, 0.4) is 0 Å². The van der Waals surface area contributed by atoms with Gasteiger partial charge in [0.1, 0.15) is 0 Å². The van der Waals surface area contributed by atoms with Crippen LogP contribution in [0.4, 0.5) is 4.79 Å². The molecule has 88 valence electrons. The van der Waals surface area contributed by atoms with E-state index in [1.54, 1.807) is 11.8 Å². The first-order valence-corrected chi connectivity index (χ1v) is 6.01. The molecule has 0 aromatic rings. The first-order valence-electron chi connectivity index (χ1n) is 4.76. The molecule has 0 radical (unpaired) electrons. The maximum absolute atomic E-state index is 11.4. The zero-order valence-electron chi connectivity index (χ0n) is 9.16. The lowest BCUT2D eigenvalue weighted by Crippen LogP contribution is -2.34. The SMILES string of the molecule is CCN(CC)C(=O)COC(=O)OC(C)I. The molecule has 0 bridgehead atoms. The summed E-state index contributed by atoms with van der Waals surface area (Å²) in [5, 5.41) is 0. The summed E-state index contributed by atoms with van der Waals surface area (Å²) in [4.78, 5) is 23.9. The lowest BCUT2D eigenvalue weighted by molar-refractivity contribution is -0.134. The maximum Gasteiger partial charge on any atom is 0.509 e. The van der Waals surface area contributed by atoms with Crippen LogP contribution in [0.15, 0.2) is 0 Å². The van der Waals surface area contributed by atoms with Crippen LogP contribution in [-0.2, 0) is 14.3 Å². The second-order valence-electron chi connectivity index (χ2n) is 2.77. The van der Waals surface area contributed by atoms with E-state index in [0.717, 1.165) is 0 Å². The molecule has 6 heteroatoms. The zero-order chi connectivity index (χ0) is 11.8. The molecule has 0 aliphatic carbocycles. The van der Waals surface area contributed by atoms with E-state index in [1.165, 1.54) is 0 Å². The van der Waals surface area contributed by atoms with Gasteiger partial charge in [-0.15, -0.1) is 0 Å². The Kier molecular flexibility index (Phi) is 7.45. The predicted molar refractivity (Wildman–Crippen MR) is 63.8 cm³/mol. The van der Waals surface area contributed by atoms with E-state index in [1.807, 2.05) is 36.4 Å². The third-order valence-corrected chi connectivity index (χ3v) is 1.94. The fraction of sp³-hybridized carbons (Fsp3) is 0.778. The second-order valence-corrected chi connectivity index (χ2v) is 4.52. The summed E-state index contributed by atoms with van der Waals surface area (Å²) in [6.07, 6.45) is -0.808. The van der Waals surface area contributed by atoms with Crippen LogP contribution in [0.2, 0.25) is 0 Å². The lowest BCUT2D eigenvalue weighted by atomic mass is 10.5. The zero-order valence-corrected chi connectivity index (χ0v) is 11.3. The van der Waals surface area contributed by atoms with Gasteiger partial charge in [0.05, 0.1) is 0 Å². The first kappa shape index (κ1) is 14.5. The van der Waals surface area contributed by atoms with Crippen molar-refractivity contribution in [3.05, 3.63) is 0 Å². The van der Waals surface area contributed by atoms with Gasteiger partial charge in [-0.05, 0) is 43.4 Å². The van der Waals surface area contributed by atoms with Gasteiger partial charge in [0.15, 0.2) is 10.7 Å². The third kappa shape index (κ3) is 6.53. The van der Waals surface area contributed by atoms with Crippen molar-refractivity contribution in [3.8, 4) is 0 Å². The Morgan fingerprint density at radius 3 is 2.27 bits per heavy atom. The van der Waals surface area contributed by atoms with Crippen molar-refractivity contribution in [2.45, 2.75) is 24.9 Å². The Balaban J connectivity index is 3.84. The molecule has 0 aromatic heterocycles. The van der Waals surface area contributed by atoms with E-state index in [4.69, 9.17) is 4.74 Å². The average Bonchev–Trinajstić information content (AvgIpc) is 2.15. The number of alkyl halides is 1. The molecule has 0 spiro atoms. The minimum atomic E-state index is -0.808. The molecule has 0 aliphatic rings. The van der Waals surface area contributed by atoms with Crippen LogP contribution in [0.5, 0.6) is 0 Å². The fourth-order valence-electron chi connectivity index (χ4n) is 0.955. The minimum absolute atomic E-state index is 0.210. The average molecular weight is 329 g/mol. The summed E-state index contributed by atoms with van der Waals surface area (Å²) in [7, 11) is 0. The number of carbonyl (C=O) groups excluding carboxylic acids is 2. The molecule has 1 unspecified atom stereocenters. The molecule has 0 fully saturated rings. The van der Waals surface area contributed by atoms with E-state index >= 15 is 0 Å². The summed E-state index contributed by atoms with van der Waals surface area (Å²) < 4.78 is 9.08. The molecule has 0 N–H and O–H groups in total. The monoisotopic (exact) mass is 329 g/mol. The first-order chi connectivity index (χ1) is 7.01. The van der Waals surface area contributed by atoms with Gasteiger partial charge >= 0.3 is 6.16 Å². The molecule has 0 aromatic carbocycles. The van der Waals surface area contributed by atoms with Crippen LogP contribution in [0.25, 0.3) is 0 Å². The standard InChI is InChI=1S/C9H16INO4/c1-4-11(5-2)8(12)6-14-9(13)15-7(3)10/h7H,4-6H2,1-3H3. The van der Waals surface area contributed by atoms with Crippen LogP contribution in [0, 0.1) is 0 Å². The van der Waals surface area contributed by atoms with Crippen molar-refractivity contribution in [3.63, 3.8) is 0 Å². The molecule has 0 aliphatic heterocycles. The second kappa shape index (κ2) is 7.72. The van der Waals surface area contributed by atoms with Crippen molar-refractivity contribution < 1.29 is 19.1 Å². The van der Waals surface area contributed by atoms with Crippen LogP contribution >= 0.6 is 22.6 Å². The van der Waals surface area contributed by atoms with E-state index in [0.29, 0.717) is 13.1 Å². The summed E-state index contributed by atoms with van der Waals surface area (Å²) in [6.45, 7) is 6.39. The smallest absolute Gasteiger partial charge is 0.424 e. The Bertz CT molecular complexity index is 216. The number of hydrogen-bond donors (Lipinski definition) is 0. The van der Waals surface area contributed by atoms with Gasteiger partial charge in [-0.25, -0.2) is 4.79 Å². The molecular formula is C9H16INO4. The molecule has 1 amide bonds. The van der Waals surface area contributed by atoms with Crippen molar-refractivity contribution in [2.75, 3.05) is 19.7 Å². The molecule has 0 saturated carbocycles. The van der Waals surface area contributed by atoms with Crippen molar-refractivity contribution in [1.29, 1.82) is 0 Å². The Labute approximate surface area is 103 Å². The van der Waals surface area contributed by atoms with Crippen molar-refractivity contribution >= 4 is 34.7 Å². The number of halogens is 1. The summed E-state index contributed by atoms with van der Waals surface area (Å²) in [5.41, 5.74) is 0. The fourth-order valence-corrected chi connectivity index (χ4v) is 1.16. The van der Waals surface area contributed by atoms with Crippen LogP contribution in [0.1, 0.15) is 20.8 Å². The minimum Gasteiger partial charge on any atom is -0.424 e. The van der Waals surface area contributed by atoms with Gasteiger partial charge in [0, 0.05) is 13.1 Å².